The van der Waals surface area contributed by atoms with Gasteiger partial charge in [0.05, 0.1) is 0 Å². The van der Waals surface area contributed by atoms with Crippen molar-refractivity contribution >= 4 is 5.78 Å². The maximum absolute atomic E-state index is 11.2. The Hall–Kier alpha value is -0.370. The second kappa shape index (κ2) is 3.15. The van der Waals surface area contributed by atoms with E-state index in [1.54, 1.807) is 0 Å². The second-order valence-corrected chi connectivity index (χ2v) is 3.27. The maximum atomic E-state index is 11.2. The lowest BCUT2D eigenvalue weighted by Gasteiger charge is -2.24. The molecule has 2 heteroatoms. The highest BCUT2D eigenvalue weighted by atomic mass is 16.1. The van der Waals surface area contributed by atoms with E-state index in [0.29, 0.717) is 11.7 Å². The van der Waals surface area contributed by atoms with E-state index in [1.165, 1.54) is 0 Å². The molecule has 1 N–H and O–H groups in total. The monoisotopic (exact) mass is 141 g/mol. The summed E-state index contributed by atoms with van der Waals surface area (Å²) in [6, 6.07) is 0. The molecule has 1 heterocycles. The molecule has 0 radical (unpaired) electrons. The molecule has 0 aromatic heterocycles. The normalized spacial score (nSPS) is 27.5. The molecule has 58 valence electrons. The van der Waals surface area contributed by atoms with E-state index in [-0.39, 0.29) is 5.92 Å². The molecule has 0 saturated carbocycles. The first kappa shape index (κ1) is 7.73. The Labute approximate surface area is 62.0 Å². The van der Waals surface area contributed by atoms with Gasteiger partial charge in [0, 0.05) is 25.4 Å². The second-order valence-electron chi connectivity index (χ2n) is 3.27. The first-order valence-electron chi connectivity index (χ1n) is 3.95. The van der Waals surface area contributed by atoms with Crippen LogP contribution in [0.25, 0.3) is 0 Å². The quantitative estimate of drug-likeness (QED) is 0.585. The van der Waals surface area contributed by atoms with Crippen molar-refractivity contribution in [2.75, 3.05) is 13.1 Å². The summed E-state index contributed by atoms with van der Waals surface area (Å²) < 4.78 is 0. The summed E-state index contributed by atoms with van der Waals surface area (Å²) in [5.41, 5.74) is 0. The molecule has 0 amide bonds. The zero-order valence-electron chi connectivity index (χ0n) is 6.68. The van der Waals surface area contributed by atoms with Gasteiger partial charge in [0.15, 0.2) is 0 Å². The highest BCUT2D eigenvalue weighted by Crippen LogP contribution is 2.15. The first-order valence-corrected chi connectivity index (χ1v) is 3.95. The van der Waals surface area contributed by atoms with E-state index in [9.17, 15) is 4.79 Å². The fraction of sp³-hybridized carbons (Fsp3) is 0.875. The van der Waals surface area contributed by atoms with Crippen LogP contribution in [-0.2, 0) is 4.79 Å². The third-order valence-electron chi connectivity index (χ3n) is 2.13. The lowest BCUT2D eigenvalue weighted by atomic mass is 9.88. The van der Waals surface area contributed by atoms with Gasteiger partial charge in [-0.3, -0.25) is 4.79 Å². The number of piperidine rings is 1. The Morgan fingerprint density at radius 1 is 1.60 bits per heavy atom. The zero-order chi connectivity index (χ0) is 7.56. The molecule has 1 aliphatic rings. The predicted octanol–water partition coefficient (Wildman–Crippen LogP) is 0.821. The van der Waals surface area contributed by atoms with Gasteiger partial charge in [-0.25, -0.2) is 0 Å². The van der Waals surface area contributed by atoms with Crippen LogP contribution in [0.2, 0.25) is 0 Å². The number of hydrogen-bond acceptors (Lipinski definition) is 2. The third-order valence-corrected chi connectivity index (χ3v) is 2.13. The average Bonchev–Trinajstić information content (AvgIpc) is 1.88. The van der Waals surface area contributed by atoms with Crippen molar-refractivity contribution in [2.45, 2.75) is 20.3 Å². The van der Waals surface area contributed by atoms with E-state index < -0.39 is 0 Å². The van der Waals surface area contributed by atoms with E-state index in [4.69, 9.17) is 0 Å². The van der Waals surface area contributed by atoms with Gasteiger partial charge >= 0.3 is 0 Å². The number of carbonyl (C=O) groups is 1. The molecule has 1 unspecified atom stereocenters. The number of hydrogen-bond donors (Lipinski definition) is 1. The van der Waals surface area contributed by atoms with Gasteiger partial charge in [-0.05, 0) is 5.92 Å². The van der Waals surface area contributed by atoms with E-state index in [1.807, 2.05) is 0 Å². The highest BCUT2D eigenvalue weighted by molar-refractivity contribution is 5.82. The molecule has 1 aliphatic heterocycles. The lowest BCUT2D eigenvalue weighted by molar-refractivity contribution is -0.125. The molecule has 2 nitrogen and oxygen atoms in total. The van der Waals surface area contributed by atoms with Crippen LogP contribution in [0.15, 0.2) is 0 Å². The highest BCUT2D eigenvalue weighted by Gasteiger charge is 2.24. The van der Waals surface area contributed by atoms with Crippen LogP contribution in [0.1, 0.15) is 20.3 Å². The molecule has 0 spiro atoms. The number of Topliss-reactive ketones (excluding diaryl/α,β-unsaturated/α-hetero) is 1. The van der Waals surface area contributed by atoms with Crippen molar-refractivity contribution in [3.8, 4) is 0 Å². The number of ketones is 1. The van der Waals surface area contributed by atoms with Gasteiger partial charge in [-0.15, -0.1) is 0 Å². The van der Waals surface area contributed by atoms with Crippen LogP contribution in [0.3, 0.4) is 0 Å². The van der Waals surface area contributed by atoms with E-state index in [0.717, 1.165) is 19.5 Å². The van der Waals surface area contributed by atoms with Gasteiger partial charge in [-0.1, -0.05) is 13.8 Å². The van der Waals surface area contributed by atoms with Gasteiger partial charge in [0.25, 0.3) is 0 Å². The maximum Gasteiger partial charge on any atom is 0.138 e. The van der Waals surface area contributed by atoms with Crippen LogP contribution in [0.4, 0.5) is 0 Å². The minimum atomic E-state index is 0.272. The van der Waals surface area contributed by atoms with E-state index >= 15 is 0 Å². The molecular weight excluding hydrogens is 126 g/mol. The van der Waals surface area contributed by atoms with Crippen molar-refractivity contribution in [3.05, 3.63) is 0 Å². The topological polar surface area (TPSA) is 29.1 Å². The summed E-state index contributed by atoms with van der Waals surface area (Å²) in [4.78, 5) is 11.2. The Balaban J connectivity index is 2.48. The van der Waals surface area contributed by atoms with E-state index in [2.05, 4.69) is 19.2 Å². The molecule has 0 aliphatic carbocycles. The summed E-state index contributed by atoms with van der Waals surface area (Å²) in [5.74, 6) is 1.21. The summed E-state index contributed by atoms with van der Waals surface area (Å²) in [6.45, 7) is 5.98. The van der Waals surface area contributed by atoms with Crippen molar-refractivity contribution in [1.29, 1.82) is 0 Å². The summed E-state index contributed by atoms with van der Waals surface area (Å²) >= 11 is 0. The van der Waals surface area contributed by atoms with Crippen LogP contribution in [0, 0.1) is 11.8 Å². The standard InChI is InChI=1S/C8H15NO/c1-6(2)7-5-9-4-3-8(7)10/h6-7,9H,3-5H2,1-2H3. The fourth-order valence-electron chi connectivity index (χ4n) is 1.38. The third kappa shape index (κ3) is 1.57. The number of carbonyl (C=O) groups excluding carboxylic acids is 1. The molecule has 1 rings (SSSR count). The minimum Gasteiger partial charge on any atom is -0.316 e. The van der Waals surface area contributed by atoms with Crippen molar-refractivity contribution in [2.24, 2.45) is 11.8 Å². The molecule has 0 aromatic carbocycles. The lowest BCUT2D eigenvalue weighted by Crippen LogP contribution is -2.39. The van der Waals surface area contributed by atoms with Crippen LogP contribution in [0.5, 0.6) is 0 Å². The van der Waals surface area contributed by atoms with Gasteiger partial charge < -0.3 is 5.32 Å². The van der Waals surface area contributed by atoms with Crippen LogP contribution >= 0.6 is 0 Å². The molecule has 1 fully saturated rings. The van der Waals surface area contributed by atoms with Crippen molar-refractivity contribution in [3.63, 3.8) is 0 Å². The predicted molar refractivity (Wildman–Crippen MR) is 40.8 cm³/mol. The van der Waals surface area contributed by atoms with Crippen LogP contribution < -0.4 is 5.32 Å². The minimum absolute atomic E-state index is 0.272. The Bertz CT molecular complexity index is 131. The molecule has 0 aromatic rings. The Morgan fingerprint density at radius 2 is 2.30 bits per heavy atom. The number of rotatable bonds is 1. The SMILES string of the molecule is CC(C)C1CNCCC1=O. The zero-order valence-corrected chi connectivity index (χ0v) is 6.68. The van der Waals surface area contributed by atoms with Crippen molar-refractivity contribution < 1.29 is 4.79 Å². The summed E-state index contributed by atoms with van der Waals surface area (Å²) in [6.07, 6.45) is 0.725. The number of nitrogens with one attached hydrogen (secondary N) is 1. The fourth-order valence-corrected chi connectivity index (χ4v) is 1.38. The van der Waals surface area contributed by atoms with Gasteiger partial charge in [0.1, 0.15) is 5.78 Å². The van der Waals surface area contributed by atoms with Gasteiger partial charge in [0.2, 0.25) is 0 Å². The Morgan fingerprint density at radius 3 is 2.70 bits per heavy atom. The summed E-state index contributed by atoms with van der Waals surface area (Å²) in [5, 5.41) is 3.23. The summed E-state index contributed by atoms with van der Waals surface area (Å²) in [7, 11) is 0. The molecule has 1 saturated heterocycles. The molecular formula is C8H15NO. The first-order chi connectivity index (χ1) is 4.72. The smallest absolute Gasteiger partial charge is 0.138 e. The molecule has 10 heavy (non-hydrogen) atoms. The molecule has 1 atom stereocenters. The van der Waals surface area contributed by atoms with Crippen molar-refractivity contribution in [1.82, 2.24) is 5.32 Å². The average molecular weight is 141 g/mol. The Kier molecular flexibility index (Phi) is 2.44. The van der Waals surface area contributed by atoms with Crippen LogP contribution in [-0.4, -0.2) is 18.9 Å². The van der Waals surface area contributed by atoms with Gasteiger partial charge in [-0.2, -0.15) is 0 Å². The molecule has 0 bridgehead atoms. The largest absolute Gasteiger partial charge is 0.316 e.